The van der Waals surface area contributed by atoms with Gasteiger partial charge in [0.2, 0.25) is 5.91 Å². The summed E-state index contributed by atoms with van der Waals surface area (Å²) in [7, 11) is 1.28. The maximum Gasteiger partial charge on any atom is 0.306 e. The first-order valence-electron chi connectivity index (χ1n) is 5.80. The molecular formula is C13H16N2O3S. The topological polar surface area (TPSA) is 67.4 Å². The van der Waals surface area contributed by atoms with Gasteiger partial charge in [-0.2, -0.15) is 0 Å². The lowest BCUT2D eigenvalue weighted by atomic mass is 10.2. The van der Waals surface area contributed by atoms with Gasteiger partial charge in [0.15, 0.2) is 5.11 Å². The van der Waals surface area contributed by atoms with Gasteiger partial charge in [-0.25, -0.2) is 0 Å². The second-order valence-electron chi connectivity index (χ2n) is 3.79. The molecule has 0 aliphatic carbocycles. The zero-order valence-electron chi connectivity index (χ0n) is 10.6. The minimum absolute atomic E-state index is 0.0453. The number of thiocarbonyl (C=S) groups is 1. The van der Waals surface area contributed by atoms with E-state index in [0.717, 1.165) is 5.56 Å². The summed E-state index contributed by atoms with van der Waals surface area (Å²) in [6, 6.07) is 9.68. The van der Waals surface area contributed by atoms with Gasteiger partial charge in [-0.05, 0) is 17.8 Å². The lowest BCUT2D eigenvalue weighted by molar-refractivity contribution is -0.142. The van der Waals surface area contributed by atoms with E-state index in [1.165, 1.54) is 7.11 Å². The Kier molecular flexibility index (Phi) is 6.52. The molecule has 0 aromatic heterocycles. The highest BCUT2D eigenvalue weighted by molar-refractivity contribution is 7.80. The summed E-state index contributed by atoms with van der Waals surface area (Å²) in [6.45, 7) is 0.539. The molecule has 1 aromatic carbocycles. The van der Waals surface area contributed by atoms with Crippen molar-refractivity contribution in [2.24, 2.45) is 0 Å². The Hall–Kier alpha value is -1.95. The van der Waals surface area contributed by atoms with Crippen LogP contribution in [-0.2, 0) is 20.9 Å². The van der Waals surface area contributed by atoms with Crippen molar-refractivity contribution in [3.05, 3.63) is 35.9 Å². The predicted octanol–water partition coefficient (Wildman–Crippen LogP) is 1.13. The van der Waals surface area contributed by atoms with Gasteiger partial charge < -0.3 is 15.4 Å². The molecule has 0 bridgehead atoms. The van der Waals surface area contributed by atoms with Gasteiger partial charge in [-0.15, -0.1) is 0 Å². The predicted molar refractivity (Wildman–Crippen MR) is 75.3 cm³/mol. The summed E-state index contributed by atoms with van der Waals surface area (Å²) in [5, 5.41) is 5.67. The molecule has 0 saturated carbocycles. The second-order valence-corrected chi connectivity index (χ2v) is 4.20. The average Bonchev–Trinajstić information content (AvgIpc) is 2.43. The zero-order chi connectivity index (χ0) is 14.1. The number of carbonyl (C=O) groups excluding carboxylic acids is 2. The van der Waals surface area contributed by atoms with Crippen LogP contribution < -0.4 is 10.6 Å². The molecule has 0 saturated heterocycles. The highest BCUT2D eigenvalue weighted by Crippen LogP contribution is 1.97. The molecule has 1 amide bonds. The number of ether oxygens (including phenoxy) is 1. The van der Waals surface area contributed by atoms with Crippen LogP contribution in [-0.4, -0.2) is 24.1 Å². The third-order valence-electron chi connectivity index (χ3n) is 2.33. The maximum absolute atomic E-state index is 11.4. The van der Waals surface area contributed by atoms with E-state index >= 15 is 0 Å². The first kappa shape index (κ1) is 15.1. The van der Waals surface area contributed by atoms with Crippen molar-refractivity contribution in [2.75, 3.05) is 7.11 Å². The molecule has 0 aliphatic rings. The van der Waals surface area contributed by atoms with Crippen molar-refractivity contribution >= 4 is 29.2 Å². The number of esters is 1. The van der Waals surface area contributed by atoms with Crippen LogP contribution in [0.15, 0.2) is 30.3 Å². The van der Waals surface area contributed by atoms with Crippen LogP contribution in [0.2, 0.25) is 0 Å². The number of methoxy groups -OCH3 is 1. The fourth-order valence-electron chi connectivity index (χ4n) is 1.33. The normalized spacial score (nSPS) is 9.53. The minimum Gasteiger partial charge on any atom is -0.469 e. The molecule has 6 heteroatoms. The summed E-state index contributed by atoms with van der Waals surface area (Å²) >= 11 is 4.98. The lowest BCUT2D eigenvalue weighted by Crippen LogP contribution is -2.38. The number of benzene rings is 1. The van der Waals surface area contributed by atoms with E-state index in [4.69, 9.17) is 12.2 Å². The molecule has 0 heterocycles. The van der Waals surface area contributed by atoms with E-state index in [0.29, 0.717) is 6.54 Å². The first-order valence-corrected chi connectivity index (χ1v) is 6.21. The molecular weight excluding hydrogens is 264 g/mol. The molecule has 1 aromatic rings. The van der Waals surface area contributed by atoms with Gasteiger partial charge in [0, 0.05) is 13.0 Å². The Morgan fingerprint density at radius 3 is 2.53 bits per heavy atom. The number of nitrogens with one attached hydrogen (secondary N) is 2. The van der Waals surface area contributed by atoms with Crippen LogP contribution in [0.25, 0.3) is 0 Å². The van der Waals surface area contributed by atoms with E-state index in [1.807, 2.05) is 30.3 Å². The van der Waals surface area contributed by atoms with Crippen molar-refractivity contribution in [3.63, 3.8) is 0 Å². The maximum atomic E-state index is 11.4. The third kappa shape index (κ3) is 6.52. The monoisotopic (exact) mass is 280 g/mol. The highest BCUT2D eigenvalue weighted by atomic mass is 32.1. The second kappa shape index (κ2) is 8.20. The van der Waals surface area contributed by atoms with E-state index < -0.39 is 5.97 Å². The number of hydrogen-bond acceptors (Lipinski definition) is 4. The van der Waals surface area contributed by atoms with Crippen LogP contribution in [0.4, 0.5) is 0 Å². The highest BCUT2D eigenvalue weighted by Gasteiger charge is 2.08. The molecule has 0 spiro atoms. The van der Waals surface area contributed by atoms with Crippen molar-refractivity contribution in [3.8, 4) is 0 Å². The van der Waals surface area contributed by atoms with Crippen LogP contribution in [0.5, 0.6) is 0 Å². The van der Waals surface area contributed by atoms with Crippen molar-refractivity contribution in [1.29, 1.82) is 0 Å². The lowest BCUT2D eigenvalue weighted by Gasteiger charge is -2.09. The van der Waals surface area contributed by atoms with E-state index in [-0.39, 0.29) is 23.9 Å². The quantitative estimate of drug-likeness (QED) is 0.625. The van der Waals surface area contributed by atoms with Crippen molar-refractivity contribution < 1.29 is 14.3 Å². The van der Waals surface area contributed by atoms with Crippen LogP contribution in [0.1, 0.15) is 18.4 Å². The molecule has 102 valence electrons. The standard InChI is InChI=1S/C13H16N2O3S/c1-18-12(17)8-7-11(16)15-13(19)14-9-10-5-3-2-4-6-10/h2-6H,7-9H2,1H3,(H2,14,15,16,19). The largest absolute Gasteiger partial charge is 0.469 e. The zero-order valence-corrected chi connectivity index (χ0v) is 11.5. The summed E-state index contributed by atoms with van der Waals surface area (Å²) in [4.78, 5) is 22.3. The van der Waals surface area contributed by atoms with Gasteiger partial charge in [0.25, 0.3) is 0 Å². The van der Waals surface area contributed by atoms with Crippen molar-refractivity contribution in [1.82, 2.24) is 10.6 Å². The summed E-state index contributed by atoms with van der Waals surface area (Å²) in [5.41, 5.74) is 1.06. The Balaban J connectivity index is 2.24. The number of amides is 1. The molecule has 0 atom stereocenters. The third-order valence-corrected chi connectivity index (χ3v) is 2.58. The summed E-state index contributed by atoms with van der Waals surface area (Å²) in [6.07, 6.45) is 0.101. The van der Waals surface area contributed by atoms with Gasteiger partial charge in [-0.1, -0.05) is 30.3 Å². The SMILES string of the molecule is COC(=O)CCC(=O)NC(=S)NCc1ccccc1. The van der Waals surface area contributed by atoms with Crippen LogP contribution in [0, 0.1) is 0 Å². The van der Waals surface area contributed by atoms with E-state index in [2.05, 4.69) is 15.4 Å². The van der Waals surface area contributed by atoms with Crippen LogP contribution >= 0.6 is 12.2 Å². The van der Waals surface area contributed by atoms with Gasteiger partial charge in [0.05, 0.1) is 13.5 Å². The average molecular weight is 280 g/mol. The number of rotatable bonds is 5. The number of hydrogen-bond donors (Lipinski definition) is 2. The molecule has 19 heavy (non-hydrogen) atoms. The number of carbonyl (C=O) groups is 2. The van der Waals surface area contributed by atoms with E-state index in [1.54, 1.807) is 0 Å². The summed E-state index contributed by atoms with van der Waals surface area (Å²) < 4.78 is 4.44. The Labute approximate surface area is 117 Å². The molecule has 1 rings (SSSR count). The minimum atomic E-state index is -0.418. The Bertz CT molecular complexity index is 448. The molecule has 0 unspecified atom stereocenters. The molecule has 5 nitrogen and oxygen atoms in total. The molecule has 0 aliphatic heterocycles. The smallest absolute Gasteiger partial charge is 0.306 e. The summed E-state index contributed by atoms with van der Waals surface area (Å²) in [5.74, 6) is -0.728. The Morgan fingerprint density at radius 1 is 1.21 bits per heavy atom. The molecule has 0 radical (unpaired) electrons. The Morgan fingerprint density at radius 2 is 1.89 bits per heavy atom. The van der Waals surface area contributed by atoms with Crippen molar-refractivity contribution in [2.45, 2.75) is 19.4 Å². The van der Waals surface area contributed by atoms with Gasteiger partial charge >= 0.3 is 5.97 Å². The first-order chi connectivity index (χ1) is 9.11. The fraction of sp³-hybridized carbons (Fsp3) is 0.308. The molecule has 2 N–H and O–H groups in total. The fourth-order valence-corrected chi connectivity index (χ4v) is 1.52. The van der Waals surface area contributed by atoms with Crippen LogP contribution in [0.3, 0.4) is 0 Å². The molecule has 0 fully saturated rings. The van der Waals surface area contributed by atoms with Gasteiger partial charge in [-0.3, -0.25) is 9.59 Å². The van der Waals surface area contributed by atoms with Gasteiger partial charge in [0.1, 0.15) is 0 Å². The van der Waals surface area contributed by atoms with E-state index in [9.17, 15) is 9.59 Å².